The molecule has 0 saturated heterocycles. The number of anilines is 4. The van der Waals surface area contributed by atoms with E-state index < -0.39 is 22.5 Å². The van der Waals surface area contributed by atoms with Crippen LogP contribution in [0.1, 0.15) is 5.56 Å². The van der Waals surface area contributed by atoms with Crippen LogP contribution in [0, 0.1) is 10.1 Å². The lowest BCUT2D eigenvalue weighted by atomic mass is 10.2. The Morgan fingerprint density at radius 2 is 1.63 bits per heavy atom. The van der Waals surface area contributed by atoms with Gasteiger partial charge in [-0.3, -0.25) is 10.1 Å². The second-order valence-electron chi connectivity index (χ2n) is 5.34. The first-order valence-corrected chi connectivity index (χ1v) is 7.61. The molecule has 0 fully saturated rings. The number of alkyl halides is 3. The van der Waals surface area contributed by atoms with Crippen molar-refractivity contribution in [3.63, 3.8) is 0 Å². The normalized spacial score (nSPS) is 11.1. The Bertz CT molecular complexity index is 964. The van der Waals surface area contributed by atoms with Crippen LogP contribution in [0.4, 0.5) is 42.0 Å². The van der Waals surface area contributed by atoms with E-state index in [4.69, 9.17) is 0 Å². The SMILES string of the molecule is O=[N+]([O-])c1ccccc1Nc1nc(Nc2ccccc2)ncc1C(F)(F)F. The monoisotopic (exact) mass is 375 g/mol. The van der Waals surface area contributed by atoms with E-state index in [0.29, 0.717) is 11.9 Å². The number of hydrogen-bond donors (Lipinski definition) is 2. The van der Waals surface area contributed by atoms with Crippen LogP contribution in [0.25, 0.3) is 0 Å². The molecule has 0 radical (unpaired) electrons. The van der Waals surface area contributed by atoms with Gasteiger partial charge in [0.15, 0.2) is 0 Å². The molecular formula is C17H12F3N5O2. The molecule has 0 atom stereocenters. The summed E-state index contributed by atoms with van der Waals surface area (Å²) in [5.74, 6) is -0.680. The fourth-order valence-corrected chi connectivity index (χ4v) is 2.26. The quantitative estimate of drug-likeness (QED) is 0.487. The summed E-state index contributed by atoms with van der Waals surface area (Å²) in [5.41, 5.74) is -1.05. The number of rotatable bonds is 5. The van der Waals surface area contributed by atoms with Crippen molar-refractivity contribution in [1.82, 2.24) is 9.97 Å². The average Bonchev–Trinajstić information content (AvgIpc) is 2.62. The number of aromatic nitrogens is 2. The van der Waals surface area contributed by atoms with Gasteiger partial charge in [0.1, 0.15) is 17.1 Å². The maximum atomic E-state index is 13.3. The average molecular weight is 375 g/mol. The summed E-state index contributed by atoms with van der Waals surface area (Å²) in [7, 11) is 0. The molecule has 7 nitrogen and oxygen atoms in total. The van der Waals surface area contributed by atoms with Gasteiger partial charge in [-0.2, -0.15) is 18.2 Å². The largest absolute Gasteiger partial charge is 0.421 e. The summed E-state index contributed by atoms with van der Waals surface area (Å²) >= 11 is 0. The fraction of sp³-hybridized carbons (Fsp3) is 0.0588. The van der Waals surface area contributed by atoms with Gasteiger partial charge in [0, 0.05) is 18.0 Å². The zero-order valence-electron chi connectivity index (χ0n) is 13.6. The lowest BCUT2D eigenvalue weighted by Crippen LogP contribution is -2.13. The summed E-state index contributed by atoms with van der Waals surface area (Å²) in [6, 6.07) is 14.0. The van der Waals surface area contributed by atoms with Crippen molar-refractivity contribution in [3.8, 4) is 0 Å². The number of nitrogens with one attached hydrogen (secondary N) is 2. The van der Waals surface area contributed by atoms with Crippen molar-refractivity contribution in [2.75, 3.05) is 10.6 Å². The molecule has 1 heterocycles. The standard InChI is InChI=1S/C17H12F3N5O2/c18-17(19,20)12-10-21-16(22-11-6-2-1-3-7-11)24-15(12)23-13-8-4-5-9-14(13)25(26)27/h1-10H,(H2,21,22,23,24). The van der Waals surface area contributed by atoms with Crippen molar-refractivity contribution in [2.45, 2.75) is 6.18 Å². The van der Waals surface area contributed by atoms with E-state index in [0.717, 1.165) is 0 Å². The Morgan fingerprint density at radius 3 is 2.30 bits per heavy atom. The number of nitrogens with zero attached hydrogens (tertiary/aromatic N) is 3. The maximum Gasteiger partial charge on any atom is 0.421 e. The number of benzene rings is 2. The molecule has 138 valence electrons. The van der Waals surface area contributed by atoms with E-state index in [-0.39, 0.29) is 17.3 Å². The molecule has 27 heavy (non-hydrogen) atoms. The number of halogens is 3. The molecule has 1 aromatic heterocycles. The molecule has 0 amide bonds. The number of nitro benzene ring substituents is 1. The third-order valence-corrected chi connectivity index (χ3v) is 3.48. The molecule has 2 N–H and O–H groups in total. The highest BCUT2D eigenvalue weighted by atomic mass is 19.4. The molecule has 0 unspecified atom stereocenters. The van der Waals surface area contributed by atoms with E-state index in [9.17, 15) is 23.3 Å². The molecule has 0 aliphatic rings. The molecule has 10 heteroatoms. The van der Waals surface area contributed by atoms with Crippen LogP contribution in [-0.2, 0) is 6.18 Å². The van der Waals surface area contributed by atoms with Crippen molar-refractivity contribution < 1.29 is 18.1 Å². The van der Waals surface area contributed by atoms with E-state index in [1.54, 1.807) is 30.3 Å². The van der Waals surface area contributed by atoms with Gasteiger partial charge in [-0.25, -0.2) is 4.98 Å². The van der Waals surface area contributed by atoms with Crippen LogP contribution in [0.3, 0.4) is 0 Å². The molecule has 3 rings (SSSR count). The summed E-state index contributed by atoms with van der Waals surface area (Å²) < 4.78 is 39.9. The zero-order valence-corrected chi connectivity index (χ0v) is 13.6. The van der Waals surface area contributed by atoms with Crippen molar-refractivity contribution in [1.29, 1.82) is 0 Å². The molecule has 0 aliphatic heterocycles. The minimum atomic E-state index is -4.74. The number of para-hydroxylation sites is 3. The third kappa shape index (κ3) is 4.29. The van der Waals surface area contributed by atoms with E-state index >= 15 is 0 Å². The molecule has 0 bridgehead atoms. The first kappa shape index (κ1) is 18.1. The lowest BCUT2D eigenvalue weighted by molar-refractivity contribution is -0.383. The van der Waals surface area contributed by atoms with Gasteiger partial charge >= 0.3 is 6.18 Å². The van der Waals surface area contributed by atoms with Crippen molar-refractivity contribution in [3.05, 3.63) is 76.5 Å². The molecule has 0 aliphatic carbocycles. The predicted molar refractivity (Wildman–Crippen MR) is 93.1 cm³/mol. The zero-order chi connectivity index (χ0) is 19.4. The van der Waals surface area contributed by atoms with Gasteiger partial charge in [-0.15, -0.1) is 0 Å². The second-order valence-corrected chi connectivity index (χ2v) is 5.34. The minimum absolute atomic E-state index is 0.0877. The Morgan fingerprint density at radius 1 is 0.963 bits per heavy atom. The van der Waals surface area contributed by atoms with Crippen LogP contribution in [0.2, 0.25) is 0 Å². The van der Waals surface area contributed by atoms with E-state index in [1.807, 2.05) is 0 Å². The first-order chi connectivity index (χ1) is 12.8. The van der Waals surface area contributed by atoms with Crippen LogP contribution in [0.15, 0.2) is 60.8 Å². The highest BCUT2D eigenvalue weighted by Crippen LogP contribution is 2.36. The van der Waals surface area contributed by atoms with Gasteiger partial charge < -0.3 is 10.6 Å². The fourth-order valence-electron chi connectivity index (χ4n) is 2.26. The second kappa shape index (κ2) is 7.28. The third-order valence-electron chi connectivity index (χ3n) is 3.48. The van der Waals surface area contributed by atoms with Gasteiger partial charge in [0.25, 0.3) is 5.69 Å². The minimum Gasteiger partial charge on any atom is -0.334 e. The van der Waals surface area contributed by atoms with Crippen molar-refractivity contribution >= 4 is 28.8 Å². The van der Waals surface area contributed by atoms with Gasteiger partial charge in [-0.05, 0) is 18.2 Å². The summed E-state index contributed by atoms with van der Waals surface area (Å²) in [5, 5.41) is 16.3. The van der Waals surface area contributed by atoms with Crippen LogP contribution in [0.5, 0.6) is 0 Å². The predicted octanol–water partition coefficient (Wildman–Crippen LogP) is 4.89. The van der Waals surface area contributed by atoms with Crippen LogP contribution >= 0.6 is 0 Å². The molecule has 0 saturated carbocycles. The van der Waals surface area contributed by atoms with Gasteiger partial charge in [0.2, 0.25) is 5.95 Å². The number of hydrogen-bond acceptors (Lipinski definition) is 6. The van der Waals surface area contributed by atoms with Gasteiger partial charge in [-0.1, -0.05) is 30.3 Å². The molecular weight excluding hydrogens is 363 g/mol. The maximum absolute atomic E-state index is 13.3. The van der Waals surface area contributed by atoms with E-state index in [2.05, 4.69) is 20.6 Å². The van der Waals surface area contributed by atoms with E-state index in [1.165, 1.54) is 24.3 Å². The van der Waals surface area contributed by atoms with Crippen molar-refractivity contribution in [2.24, 2.45) is 0 Å². The lowest BCUT2D eigenvalue weighted by Gasteiger charge is -2.15. The summed E-state index contributed by atoms with van der Waals surface area (Å²) in [6.45, 7) is 0. The molecule has 3 aromatic rings. The Kier molecular flexibility index (Phi) is 4.88. The summed E-state index contributed by atoms with van der Waals surface area (Å²) in [4.78, 5) is 17.9. The molecule has 0 spiro atoms. The van der Waals surface area contributed by atoms with Crippen LogP contribution in [-0.4, -0.2) is 14.9 Å². The Labute approximate surface area is 151 Å². The topological polar surface area (TPSA) is 93.0 Å². The Balaban J connectivity index is 2.01. The Hall–Kier alpha value is -3.69. The van der Waals surface area contributed by atoms with Gasteiger partial charge in [0.05, 0.1) is 4.92 Å². The number of nitro groups is 1. The highest BCUT2D eigenvalue weighted by molar-refractivity contribution is 5.70. The summed E-state index contributed by atoms with van der Waals surface area (Å²) in [6.07, 6.45) is -4.12. The molecule has 2 aromatic carbocycles. The highest BCUT2D eigenvalue weighted by Gasteiger charge is 2.35. The van der Waals surface area contributed by atoms with Crippen LogP contribution < -0.4 is 10.6 Å². The smallest absolute Gasteiger partial charge is 0.334 e. The first-order valence-electron chi connectivity index (χ1n) is 7.61.